The van der Waals surface area contributed by atoms with Crippen molar-refractivity contribution in [2.24, 2.45) is 0 Å². The number of amides is 1. The third kappa shape index (κ3) is 3.52. The number of H-pyrrole nitrogens is 1. The summed E-state index contributed by atoms with van der Waals surface area (Å²) in [6.07, 6.45) is 7.15. The molecular weight excluding hydrogens is 344 g/mol. The van der Waals surface area contributed by atoms with Crippen molar-refractivity contribution in [3.63, 3.8) is 0 Å². The van der Waals surface area contributed by atoms with Crippen molar-refractivity contribution in [1.82, 2.24) is 14.9 Å². The second-order valence-corrected chi connectivity index (χ2v) is 6.13. The lowest BCUT2D eigenvalue weighted by Crippen LogP contribution is -2.32. The molecule has 0 spiro atoms. The minimum atomic E-state index is -0.580. The molecule has 7 nitrogen and oxygen atoms in total. The molecule has 0 aliphatic carbocycles. The van der Waals surface area contributed by atoms with Crippen LogP contribution in [0.1, 0.15) is 10.5 Å². The van der Waals surface area contributed by atoms with E-state index < -0.39 is 5.97 Å². The number of ether oxygens (including phenoxy) is 1. The molecule has 136 valence electrons. The zero-order valence-corrected chi connectivity index (χ0v) is 14.5. The van der Waals surface area contributed by atoms with E-state index in [0.29, 0.717) is 18.8 Å². The van der Waals surface area contributed by atoms with Gasteiger partial charge in [-0.2, -0.15) is 0 Å². The minimum Gasteiger partial charge on any atom is -0.451 e. The number of pyridine rings is 1. The zero-order valence-electron chi connectivity index (χ0n) is 14.5. The number of benzene rings is 1. The topological polar surface area (TPSA) is 87.3 Å². The average molecular weight is 362 g/mol. The Morgan fingerprint density at radius 1 is 1.11 bits per heavy atom. The number of aromatic amines is 1. The molecule has 4 rings (SSSR count). The molecule has 7 heteroatoms. The molecule has 1 aliphatic rings. The van der Waals surface area contributed by atoms with Crippen LogP contribution in [-0.4, -0.2) is 46.4 Å². The van der Waals surface area contributed by atoms with Gasteiger partial charge in [0.2, 0.25) is 0 Å². The Balaban J connectivity index is 1.57. The van der Waals surface area contributed by atoms with Gasteiger partial charge < -0.3 is 19.9 Å². The fraction of sp³-hybridized carbons (Fsp3) is 0.150. The second-order valence-electron chi connectivity index (χ2n) is 6.13. The maximum Gasteiger partial charge on any atom is 0.357 e. The Labute approximate surface area is 155 Å². The van der Waals surface area contributed by atoms with Gasteiger partial charge in [0.1, 0.15) is 5.69 Å². The molecule has 2 N–H and O–H groups in total. The molecule has 1 amide bonds. The number of carbonyl (C=O) groups excluding carboxylic acids is 2. The van der Waals surface area contributed by atoms with Gasteiger partial charge in [-0.1, -0.05) is 30.4 Å². The van der Waals surface area contributed by atoms with Crippen LogP contribution in [0.3, 0.4) is 0 Å². The average Bonchev–Trinajstić information content (AvgIpc) is 3.36. The fourth-order valence-corrected chi connectivity index (χ4v) is 2.98. The van der Waals surface area contributed by atoms with E-state index in [-0.39, 0.29) is 18.2 Å². The van der Waals surface area contributed by atoms with Crippen molar-refractivity contribution in [2.75, 3.05) is 25.0 Å². The number of nitrogens with one attached hydrogen (secondary N) is 2. The molecule has 1 aromatic carbocycles. The van der Waals surface area contributed by atoms with E-state index in [2.05, 4.69) is 15.3 Å². The van der Waals surface area contributed by atoms with Gasteiger partial charge in [0.05, 0.1) is 5.69 Å². The highest BCUT2D eigenvalue weighted by molar-refractivity contribution is 6.07. The Bertz CT molecular complexity index is 1000. The summed E-state index contributed by atoms with van der Waals surface area (Å²) >= 11 is 0. The third-order valence-electron chi connectivity index (χ3n) is 4.36. The van der Waals surface area contributed by atoms with E-state index >= 15 is 0 Å². The summed E-state index contributed by atoms with van der Waals surface area (Å²) in [5.74, 6) is -0.795. The van der Waals surface area contributed by atoms with Gasteiger partial charge in [0.15, 0.2) is 6.61 Å². The van der Waals surface area contributed by atoms with E-state index in [1.807, 2.05) is 36.4 Å². The number of carbonyl (C=O) groups is 2. The lowest BCUT2D eigenvalue weighted by molar-refractivity contribution is -0.133. The molecule has 3 aromatic rings. The summed E-state index contributed by atoms with van der Waals surface area (Å²) in [7, 11) is 0. The largest absolute Gasteiger partial charge is 0.451 e. The smallest absolute Gasteiger partial charge is 0.357 e. The highest BCUT2D eigenvalue weighted by Crippen LogP contribution is 2.30. The maximum atomic E-state index is 12.7. The summed E-state index contributed by atoms with van der Waals surface area (Å²) in [4.78, 5) is 33.5. The molecule has 0 saturated heterocycles. The Kier molecular flexibility index (Phi) is 4.57. The van der Waals surface area contributed by atoms with Crippen LogP contribution < -0.4 is 5.32 Å². The van der Waals surface area contributed by atoms with Crippen molar-refractivity contribution in [3.05, 3.63) is 66.6 Å². The van der Waals surface area contributed by atoms with Crippen LogP contribution in [0.15, 0.2) is 60.9 Å². The third-order valence-corrected chi connectivity index (χ3v) is 4.36. The first-order valence-electron chi connectivity index (χ1n) is 8.60. The van der Waals surface area contributed by atoms with Crippen LogP contribution in [-0.2, 0) is 9.53 Å². The summed E-state index contributed by atoms with van der Waals surface area (Å²) < 4.78 is 5.27. The molecule has 0 bridgehead atoms. The first-order chi connectivity index (χ1) is 13.2. The van der Waals surface area contributed by atoms with Crippen molar-refractivity contribution in [1.29, 1.82) is 0 Å². The first-order valence-corrected chi connectivity index (χ1v) is 8.60. The summed E-state index contributed by atoms with van der Waals surface area (Å²) in [5.41, 5.74) is 2.48. The van der Waals surface area contributed by atoms with E-state index in [1.165, 1.54) is 0 Å². The zero-order chi connectivity index (χ0) is 18.6. The monoisotopic (exact) mass is 362 g/mol. The first kappa shape index (κ1) is 16.8. The number of hydrogen-bond acceptors (Lipinski definition) is 5. The number of aromatic nitrogens is 2. The van der Waals surface area contributed by atoms with Gasteiger partial charge in [-0.05, 0) is 18.2 Å². The summed E-state index contributed by atoms with van der Waals surface area (Å²) in [6.45, 7) is 0.819. The molecule has 0 radical (unpaired) electrons. The quantitative estimate of drug-likeness (QED) is 0.538. The Morgan fingerprint density at radius 3 is 2.63 bits per heavy atom. The van der Waals surface area contributed by atoms with Crippen molar-refractivity contribution < 1.29 is 14.3 Å². The predicted octanol–water partition coefficient (Wildman–Crippen LogP) is 2.86. The Morgan fingerprint density at radius 2 is 1.85 bits per heavy atom. The summed E-state index contributed by atoms with van der Waals surface area (Å²) in [6, 6.07) is 11.2. The normalized spacial score (nSPS) is 13.1. The predicted molar refractivity (Wildman–Crippen MR) is 102 cm³/mol. The van der Waals surface area contributed by atoms with Gasteiger partial charge >= 0.3 is 5.97 Å². The van der Waals surface area contributed by atoms with Crippen LogP contribution in [0.4, 0.5) is 11.4 Å². The molecule has 0 saturated carbocycles. The Hall–Kier alpha value is -3.61. The second kappa shape index (κ2) is 7.33. The number of esters is 1. The number of nitrogens with zero attached hydrogens (tertiary/aromatic N) is 2. The van der Waals surface area contributed by atoms with Crippen LogP contribution in [0.5, 0.6) is 0 Å². The lowest BCUT2D eigenvalue weighted by atomic mass is 10.2. The molecule has 0 unspecified atom stereocenters. The summed E-state index contributed by atoms with van der Waals surface area (Å²) in [5, 5.41) is 4.10. The highest BCUT2D eigenvalue weighted by Gasteiger charge is 2.22. The number of anilines is 2. The fourth-order valence-electron chi connectivity index (χ4n) is 2.98. The standard InChI is InChI=1S/C20H18N4O3/c25-17(24-11-3-4-12-24)13-27-20(26)19-18(22-14-7-9-21-10-8-14)15-5-1-2-6-16(15)23-19/h1-10,23H,11-13H2,(H,21,22). The minimum absolute atomic E-state index is 0.215. The van der Waals surface area contributed by atoms with Gasteiger partial charge in [-0.25, -0.2) is 4.79 Å². The maximum absolute atomic E-state index is 12.7. The molecule has 0 fully saturated rings. The van der Waals surface area contributed by atoms with Crippen molar-refractivity contribution in [2.45, 2.75) is 0 Å². The van der Waals surface area contributed by atoms with Crippen LogP contribution in [0.2, 0.25) is 0 Å². The van der Waals surface area contributed by atoms with Crippen LogP contribution in [0.25, 0.3) is 10.9 Å². The van der Waals surface area contributed by atoms with Gasteiger partial charge in [0, 0.05) is 42.1 Å². The lowest BCUT2D eigenvalue weighted by Gasteiger charge is -2.15. The highest BCUT2D eigenvalue weighted by atomic mass is 16.5. The molecular formula is C20H18N4O3. The van der Waals surface area contributed by atoms with Gasteiger partial charge in [-0.15, -0.1) is 0 Å². The van der Waals surface area contributed by atoms with E-state index in [0.717, 1.165) is 16.6 Å². The molecule has 2 aromatic heterocycles. The number of hydrogen-bond donors (Lipinski definition) is 2. The van der Waals surface area contributed by atoms with E-state index in [9.17, 15) is 9.59 Å². The SMILES string of the molecule is O=C(OCC(=O)N1CC=CC1)c1[nH]c2ccccc2c1Nc1ccncc1. The van der Waals surface area contributed by atoms with Gasteiger partial charge in [0.25, 0.3) is 5.91 Å². The molecule has 0 atom stereocenters. The van der Waals surface area contributed by atoms with Crippen molar-refractivity contribution in [3.8, 4) is 0 Å². The van der Waals surface area contributed by atoms with Crippen molar-refractivity contribution >= 4 is 34.2 Å². The van der Waals surface area contributed by atoms with Crippen LogP contribution >= 0.6 is 0 Å². The number of fused-ring (bicyclic) bond motifs is 1. The van der Waals surface area contributed by atoms with E-state index in [1.54, 1.807) is 29.4 Å². The van der Waals surface area contributed by atoms with Crippen LogP contribution in [0, 0.1) is 0 Å². The number of para-hydroxylation sites is 1. The number of rotatable bonds is 5. The van der Waals surface area contributed by atoms with Gasteiger partial charge in [-0.3, -0.25) is 9.78 Å². The van der Waals surface area contributed by atoms with E-state index in [4.69, 9.17) is 4.74 Å². The molecule has 3 heterocycles. The molecule has 1 aliphatic heterocycles. The molecule has 27 heavy (non-hydrogen) atoms.